The molecule has 0 radical (unpaired) electrons. The fourth-order valence-corrected chi connectivity index (χ4v) is 6.16. The first kappa shape index (κ1) is 25.1. The lowest BCUT2D eigenvalue weighted by molar-refractivity contribution is -0.119. The second-order valence-corrected chi connectivity index (χ2v) is 12.2. The van der Waals surface area contributed by atoms with E-state index in [9.17, 15) is 23.9 Å². The van der Waals surface area contributed by atoms with Gasteiger partial charge in [0.05, 0.1) is 5.56 Å². The third kappa shape index (κ3) is 4.65. The average molecular weight is 502 g/mol. The molecule has 2 aromatic rings. The highest BCUT2D eigenvalue weighted by molar-refractivity contribution is 6.06. The van der Waals surface area contributed by atoms with Crippen molar-refractivity contribution in [3.63, 3.8) is 0 Å². The zero-order chi connectivity index (χ0) is 26.7. The van der Waals surface area contributed by atoms with Crippen LogP contribution in [0.2, 0.25) is 0 Å². The molecule has 1 aliphatic heterocycles. The Hall–Kier alpha value is -3.54. The van der Waals surface area contributed by atoms with Crippen molar-refractivity contribution in [2.45, 2.75) is 65.8 Å². The summed E-state index contributed by atoms with van der Waals surface area (Å²) in [7, 11) is 0. The smallest absolute Gasteiger partial charge is 0.335 e. The molecule has 1 heterocycles. The Morgan fingerprint density at radius 1 is 0.838 bits per heavy atom. The molecule has 5 nitrogen and oxygen atoms in total. The molecule has 37 heavy (non-hydrogen) atoms. The van der Waals surface area contributed by atoms with Gasteiger partial charge in [0.15, 0.2) is 11.6 Å². The summed E-state index contributed by atoms with van der Waals surface area (Å²) in [4.78, 5) is 41.0. The second-order valence-electron chi connectivity index (χ2n) is 12.2. The number of hydrogen-bond donors (Lipinski definition) is 1. The first-order valence-electron chi connectivity index (χ1n) is 12.7. The van der Waals surface area contributed by atoms with Crippen LogP contribution in [-0.4, -0.2) is 27.5 Å². The standard InChI is InChI=1S/C31H32FNO4/c1-30(2)13-22-27(24(34)15-30)26(19-9-11-21(32)12-10-19)28-23(14-31(3,4)16-25(28)35)33(22)17-18-5-7-20(8-6-18)29(36)37/h5-12,26H,13-17H2,1-4H3,(H,36,37). The summed E-state index contributed by atoms with van der Waals surface area (Å²) >= 11 is 0. The number of allylic oxidation sites excluding steroid dienone is 4. The fourth-order valence-electron chi connectivity index (χ4n) is 6.16. The third-order valence-corrected chi connectivity index (χ3v) is 7.77. The maximum Gasteiger partial charge on any atom is 0.335 e. The number of carboxylic acids is 1. The van der Waals surface area contributed by atoms with Crippen molar-refractivity contribution in [1.82, 2.24) is 4.90 Å². The van der Waals surface area contributed by atoms with Crippen molar-refractivity contribution in [1.29, 1.82) is 0 Å². The van der Waals surface area contributed by atoms with Gasteiger partial charge in [0.25, 0.3) is 0 Å². The minimum atomic E-state index is -0.985. The van der Waals surface area contributed by atoms with Gasteiger partial charge in [0, 0.05) is 47.8 Å². The zero-order valence-corrected chi connectivity index (χ0v) is 21.7. The topological polar surface area (TPSA) is 74.7 Å². The van der Waals surface area contributed by atoms with E-state index in [4.69, 9.17) is 0 Å². The molecule has 0 amide bonds. The van der Waals surface area contributed by atoms with Crippen LogP contribution in [0, 0.1) is 16.6 Å². The normalized spacial score (nSPS) is 21.2. The number of Topliss-reactive ketones (excluding diaryl/α,β-unsaturated/α-hetero) is 2. The Kier molecular flexibility index (Phi) is 5.97. The number of nitrogens with zero attached hydrogens (tertiary/aromatic N) is 1. The second kappa shape index (κ2) is 8.79. The third-order valence-electron chi connectivity index (χ3n) is 7.77. The monoisotopic (exact) mass is 501 g/mol. The Morgan fingerprint density at radius 2 is 1.32 bits per heavy atom. The number of benzene rings is 2. The first-order valence-corrected chi connectivity index (χ1v) is 12.7. The molecule has 0 unspecified atom stereocenters. The lowest BCUT2D eigenvalue weighted by Crippen LogP contribution is -2.44. The predicted molar refractivity (Wildman–Crippen MR) is 138 cm³/mol. The van der Waals surface area contributed by atoms with Crippen LogP contribution in [-0.2, 0) is 16.1 Å². The summed E-state index contributed by atoms with van der Waals surface area (Å²) in [5.74, 6) is -1.81. The number of aromatic carboxylic acids is 1. The number of halogens is 1. The van der Waals surface area contributed by atoms with Gasteiger partial charge in [0.2, 0.25) is 0 Å². The Labute approximate surface area is 216 Å². The summed E-state index contributed by atoms with van der Waals surface area (Å²) in [6, 6.07) is 12.9. The van der Waals surface area contributed by atoms with Gasteiger partial charge in [-0.15, -0.1) is 0 Å². The molecule has 2 aliphatic carbocycles. The van der Waals surface area contributed by atoms with Crippen LogP contribution in [0.1, 0.15) is 80.8 Å². The summed E-state index contributed by atoms with van der Waals surface area (Å²) in [6.45, 7) is 8.77. The molecule has 6 heteroatoms. The molecule has 0 bridgehead atoms. The van der Waals surface area contributed by atoms with E-state index in [-0.39, 0.29) is 33.8 Å². The van der Waals surface area contributed by atoms with Crippen molar-refractivity contribution in [2.24, 2.45) is 10.8 Å². The molecule has 2 aromatic carbocycles. The van der Waals surface area contributed by atoms with Gasteiger partial charge in [-0.1, -0.05) is 52.0 Å². The van der Waals surface area contributed by atoms with Crippen molar-refractivity contribution < 1.29 is 23.9 Å². The van der Waals surface area contributed by atoms with E-state index in [0.29, 0.717) is 43.4 Å². The van der Waals surface area contributed by atoms with E-state index < -0.39 is 11.9 Å². The SMILES string of the molecule is CC1(C)CC(=O)C2=C(C1)N(Cc1ccc(C(=O)O)cc1)C1=C(C(=O)CC(C)(C)C1)C2c1ccc(F)cc1. The lowest BCUT2D eigenvalue weighted by atomic mass is 9.63. The van der Waals surface area contributed by atoms with Crippen LogP contribution in [0.4, 0.5) is 4.39 Å². The molecular weight excluding hydrogens is 469 g/mol. The van der Waals surface area contributed by atoms with Gasteiger partial charge < -0.3 is 10.0 Å². The molecule has 0 saturated carbocycles. The molecule has 0 fully saturated rings. The van der Waals surface area contributed by atoms with Crippen LogP contribution in [0.25, 0.3) is 0 Å². The molecule has 1 N–H and O–H groups in total. The number of carboxylic acid groups (broad SMARTS) is 1. The van der Waals surface area contributed by atoms with Crippen molar-refractivity contribution in [2.75, 3.05) is 0 Å². The van der Waals surface area contributed by atoms with E-state index in [1.807, 2.05) is 0 Å². The van der Waals surface area contributed by atoms with E-state index in [1.54, 1.807) is 36.4 Å². The number of rotatable bonds is 4. The quantitative estimate of drug-likeness (QED) is 0.524. The van der Waals surface area contributed by atoms with E-state index in [1.165, 1.54) is 12.1 Å². The van der Waals surface area contributed by atoms with Crippen molar-refractivity contribution in [3.05, 3.63) is 93.6 Å². The molecule has 5 rings (SSSR count). The van der Waals surface area contributed by atoms with Crippen LogP contribution in [0.15, 0.2) is 71.1 Å². The van der Waals surface area contributed by atoms with E-state index in [0.717, 1.165) is 22.5 Å². The minimum Gasteiger partial charge on any atom is -0.478 e. The minimum absolute atomic E-state index is 0.0241. The highest BCUT2D eigenvalue weighted by Gasteiger charge is 2.48. The van der Waals surface area contributed by atoms with Gasteiger partial charge in [-0.2, -0.15) is 0 Å². The van der Waals surface area contributed by atoms with E-state index >= 15 is 0 Å². The van der Waals surface area contributed by atoms with E-state index in [2.05, 4.69) is 32.6 Å². The number of hydrogen-bond acceptors (Lipinski definition) is 4. The molecule has 0 aromatic heterocycles. The lowest BCUT2D eigenvalue weighted by Gasteiger charge is -2.49. The first-order chi connectivity index (χ1) is 17.3. The molecule has 0 saturated heterocycles. The van der Waals surface area contributed by atoms with Gasteiger partial charge >= 0.3 is 5.97 Å². The maximum atomic E-state index is 13.9. The predicted octanol–water partition coefficient (Wildman–Crippen LogP) is 6.41. The van der Waals surface area contributed by atoms with Gasteiger partial charge in [-0.3, -0.25) is 9.59 Å². The zero-order valence-electron chi connectivity index (χ0n) is 21.7. The number of carbonyl (C=O) groups is 3. The summed E-state index contributed by atoms with van der Waals surface area (Å²) < 4.78 is 13.9. The van der Waals surface area contributed by atoms with Gasteiger partial charge in [-0.25, -0.2) is 9.18 Å². The maximum absolute atomic E-state index is 13.9. The fraction of sp³-hybridized carbons (Fsp3) is 0.387. The van der Waals surface area contributed by atoms with Gasteiger partial charge in [0.1, 0.15) is 5.82 Å². The Balaban J connectivity index is 1.72. The largest absolute Gasteiger partial charge is 0.478 e. The van der Waals surface area contributed by atoms with Gasteiger partial charge in [-0.05, 0) is 59.1 Å². The molecule has 0 spiro atoms. The van der Waals surface area contributed by atoms with Crippen LogP contribution in [0.3, 0.4) is 0 Å². The highest BCUT2D eigenvalue weighted by atomic mass is 19.1. The Bertz CT molecular complexity index is 1310. The average Bonchev–Trinajstić information content (AvgIpc) is 2.79. The number of carbonyl (C=O) groups excluding carboxylic acids is 2. The molecule has 192 valence electrons. The Morgan fingerprint density at radius 3 is 1.78 bits per heavy atom. The summed E-state index contributed by atoms with van der Waals surface area (Å²) in [5, 5.41) is 9.31. The molecule has 3 aliphatic rings. The van der Waals surface area contributed by atoms with Crippen molar-refractivity contribution >= 4 is 17.5 Å². The van der Waals surface area contributed by atoms with Crippen molar-refractivity contribution in [3.8, 4) is 0 Å². The summed E-state index contributed by atoms with van der Waals surface area (Å²) in [5.41, 5.74) is 4.48. The van der Waals surface area contributed by atoms with Crippen LogP contribution >= 0.6 is 0 Å². The van der Waals surface area contributed by atoms with Crippen LogP contribution in [0.5, 0.6) is 0 Å². The highest BCUT2D eigenvalue weighted by Crippen LogP contribution is 2.54. The summed E-state index contributed by atoms with van der Waals surface area (Å²) in [6.07, 6.45) is 2.11. The number of ketones is 2. The van der Waals surface area contributed by atoms with Crippen LogP contribution < -0.4 is 0 Å². The molecular formula is C31H32FNO4. The molecule has 0 atom stereocenters.